The number of hydrogen-bond donors (Lipinski definition) is 1. The van der Waals surface area contributed by atoms with Gasteiger partial charge in [0.05, 0.1) is 0 Å². The van der Waals surface area contributed by atoms with Crippen LogP contribution in [0.4, 0.5) is 5.69 Å². The van der Waals surface area contributed by atoms with Crippen molar-refractivity contribution in [2.24, 2.45) is 0 Å². The van der Waals surface area contributed by atoms with Gasteiger partial charge in [0.1, 0.15) is 6.61 Å². The second-order valence-electron chi connectivity index (χ2n) is 6.42. The summed E-state index contributed by atoms with van der Waals surface area (Å²) in [6.45, 7) is 3.86. The van der Waals surface area contributed by atoms with Crippen molar-refractivity contribution in [2.45, 2.75) is 32.3 Å². The molecule has 1 N–H and O–H groups in total. The second-order valence-corrected chi connectivity index (χ2v) is 6.42. The van der Waals surface area contributed by atoms with Gasteiger partial charge in [0.2, 0.25) is 6.10 Å². The van der Waals surface area contributed by atoms with Gasteiger partial charge in [0.15, 0.2) is 18.1 Å². The van der Waals surface area contributed by atoms with Gasteiger partial charge in [-0.25, -0.2) is 4.79 Å². The van der Waals surface area contributed by atoms with E-state index >= 15 is 0 Å². The number of carbonyl (C=O) groups is 2. The first-order valence-electron chi connectivity index (χ1n) is 9.02. The Kier molecular flexibility index (Phi) is 5.96. The van der Waals surface area contributed by atoms with Gasteiger partial charge in [-0.1, -0.05) is 44.2 Å². The van der Waals surface area contributed by atoms with Crippen molar-refractivity contribution >= 4 is 17.6 Å². The fraction of sp³-hybridized carbons (Fsp3) is 0.333. The summed E-state index contributed by atoms with van der Waals surface area (Å²) in [7, 11) is 0. The summed E-state index contributed by atoms with van der Waals surface area (Å²) in [6.07, 6.45) is 0.0719. The van der Waals surface area contributed by atoms with E-state index in [4.69, 9.17) is 14.2 Å². The van der Waals surface area contributed by atoms with Gasteiger partial charge in [-0.15, -0.1) is 0 Å². The molecule has 0 unspecified atom stereocenters. The summed E-state index contributed by atoms with van der Waals surface area (Å²) in [5, 5.41) is 2.81. The molecule has 0 aliphatic carbocycles. The molecule has 1 aliphatic heterocycles. The largest absolute Gasteiger partial charge is 0.485 e. The molecule has 0 aromatic heterocycles. The molecule has 1 amide bonds. The molecule has 0 bridgehead atoms. The van der Waals surface area contributed by atoms with Crippen molar-refractivity contribution in [1.29, 1.82) is 0 Å². The van der Waals surface area contributed by atoms with Crippen molar-refractivity contribution in [2.75, 3.05) is 18.5 Å². The third kappa shape index (κ3) is 4.58. The maximum absolute atomic E-state index is 12.2. The number of esters is 1. The Morgan fingerprint density at radius 2 is 1.85 bits per heavy atom. The van der Waals surface area contributed by atoms with E-state index in [0.717, 1.165) is 17.7 Å². The monoisotopic (exact) mass is 369 g/mol. The van der Waals surface area contributed by atoms with Crippen LogP contribution in [0.2, 0.25) is 0 Å². The topological polar surface area (TPSA) is 73.9 Å². The van der Waals surface area contributed by atoms with Crippen LogP contribution in [0.25, 0.3) is 0 Å². The van der Waals surface area contributed by atoms with Crippen molar-refractivity contribution in [3.8, 4) is 11.5 Å². The average molecular weight is 369 g/mol. The van der Waals surface area contributed by atoms with Gasteiger partial charge in [-0.2, -0.15) is 0 Å². The molecule has 2 aromatic carbocycles. The first-order chi connectivity index (χ1) is 13.1. The van der Waals surface area contributed by atoms with Crippen LogP contribution in [0, 0.1) is 0 Å². The summed E-state index contributed by atoms with van der Waals surface area (Å²) >= 11 is 0. The summed E-state index contributed by atoms with van der Waals surface area (Å²) < 4.78 is 16.2. The molecule has 1 aliphatic rings. The SMILES string of the molecule is CC[C@H](C)c1ccccc1NC(=O)COC(=O)[C@@H]1COc2ccccc2O1. The van der Waals surface area contributed by atoms with E-state index in [1.54, 1.807) is 18.2 Å². The van der Waals surface area contributed by atoms with Crippen LogP contribution in [-0.4, -0.2) is 31.2 Å². The van der Waals surface area contributed by atoms with Crippen molar-refractivity contribution in [3.05, 3.63) is 54.1 Å². The van der Waals surface area contributed by atoms with E-state index in [-0.39, 0.29) is 13.2 Å². The lowest BCUT2D eigenvalue weighted by Gasteiger charge is -2.24. The van der Waals surface area contributed by atoms with Crippen molar-refractivity contribution < 1.29 is 23.8 Å². The van der Waals surface area contributed by atoms with E-state index in [2.05, 4.69) is 19.2 Å². The Hall–Kier alpha value is -3.02. The number of para-hydroxylation sites is 3. The maximum atomic E-state index is 12.2. The zero-order valence-corrected chi connectivity index (χ0v) is 15.4. The van der Waals surface area contributed by atoms with Crippen molar-refractivity contribution in [3.63, 3.8) is 0 Å². The third-order valence-electron chi connectivity index (χ3n) is 4.50. The van der Waals surface area contributed by atoms with E-state index in [9.17, 15) is 9.59 Å². The van der Waals surface area contributed by atoms with Crippen LogP contribution in [0.15, 0.2) is 48.5 Å². The van der Waals surface area contributed by atoms with Crippen LogP contribution in [0.5, 0.6) is 11.5 Å². The van der Waals surface area contributed by atoms with Crippen LogP contribution in [0.3, 0.4) is 0 Å². The van der Waals surface area contributed by atoms with Crippen LogP contribution >= 0.6 is 0 Å². The van der Waals surface area contributed by atoms with Gasteiger partial charge in [-0.3, -0.25) is 4.79 Å². The lowest BCUT2D eigenvalue weighted by molar-refractivity contribution is -0.156. The van der Waals surface area contributed by atoms with Crippen molar-refractivity contribution in [1.82, 2.24) is 0 Å². The molecular formula is C21H23NO5. The average Bonchev–Trinajstić information content (AvgIpc) is 2.71. The number of carbonyl (C=O) groups excluding carboxylic acids is 2. The highest BCUT2D eigenvalue weighted by atomic mass is 16.6. The van der Waals surface area contributed by atoms with Gasteiger partial charge >= 0.3 is 5.97 Å². The Labute approximate surface area is 158 Å². The minimum absolute atomic E-state index is 0.0499. The standard InChI is InChI=1S/C21H23NO5/c1-3-14(2)15-8-4-5-9-16(15)22-20(23)13-26-21(24)19-12-25-17-10-6-7-11-18(17)27-19/h4-11,14,19H,3,12-13H2,1-2H3,(H,22,23)/t14-,19-/m0/s1. The molecule has 0 saturated carbocycles. The zero-order chi connectivity index (χ0) is 19.2. The molecule has 27 heavy (non-hydrogen) atoms. The van der Waals surface area contributed by atoms with E-state index < -0.39 is 18.0 Å². The minimum atomic E-state index is -0.889. The van der Waals surface area contributed by atoms with Gasteiger partial charge in [0, 0.05) is 5.69 Å². The number of benzene rings is 2. The summed E-state index contributed by atoms with van der Waals surface area (Å²) in [5.74, 6) is 0.363. The highest BCUT2D eigenvalue weighted by Crippen LogP contribution is 2.31. The molecule has 0 fully saturated rings. The summed E-state index contributed by atoms with van der Waals surface area (Å²) in [5.41, 5.74) is 1.79. The van der Waals surface area contributed by atoms with Crippen LogP contribution < -0.4 is 14.8 Å². The molecule has 142 valence electrons. The molecular weight excluding hydrogens is 346 g/mol. The summed E-state index contributed by atoms with van der Waals surface area (Å²) in [6, 6.07) is 14.7. The number of ether oxygens (including phenoxy) is 3. The fourth-order valence-corrected chi connectivity index (χ4v) is 2.81. The maximum Gasteiger partial charge on any atom is 0.351 e. The first-order valence-corrected chi connectivity index (χ1v) is 9.02. The first kappa shape index (κ1) is 18.8. The van der Waals surface area contributed by atoms with E-state index in [0.29, 0.717) is 17.4 Å². The molecule has 0 radical (unpaired) electrons. The van der Waals surface area contributed by atoms with Crippen LogP contribution in [-0.2, 0) is 14.3 Å². The molecule has 6 heteroatoms. The molecule has 6 nitrogen and oxygen atoms in total. The predicted octanol–water partition coefficient (Wildman–Crippen LogP) is 3.52. The number of amides is 1. The third-order valence-corrected chi connectivity index (χ3v) is 4.50. The molecule has 0 spiro atoms. The molecule has 3 rings (SSSR count). The highest BCUT2D eigenvalue weighted by Gasteiger charge is 2.29. The number of hydrogen-bond acceptors (Lipinski definition) is 5. The lowest BCUT2D eigenvalue weighted by Crippen LogP contribution is -2.39. The normalized spacial score (nSPS) is 16.3. The molecule has 1 heterocycles. The van der Waals surface area contributed by atoms with Crippen LogP contribution in [0.1, 0.15) is 31.7 Å². The van der Waals surface area contributed by atoms with E-state index in [1.165, 1.54) is 0 Å². The second kappa shape index (κ2) is 8.58. The van der Waals surface area contributed by atoms with Gasteiger partial charge < -0.3 is 19.5 Å². The summed E-state index contributed by atoms with van der Waals surface area (Å²) in [4.78, 5) is 24.4. The van der Waals surface area contributed by atoms with Gasteiger partial charge in [-0.05, 0) is 36.1 Å². The lowest BCUT2D eigenvalue weighted by atomic mass is 9.97. The number of anilines is 1. The zero-order valence-electron chi connectivity index (χ0n) is 15.4. The Bertz CT molecular complexity index is 820. The molecule has 2 atom stereocenters. The predicted molar refractivity (Wildman–Crippen MR) is 101 cm³/mol. The minimum Gasteiger partial charge on any atom is -0.485 e. The Morgan fingerprint density at radius 1 is 1.15 bits per heavy atom. The quantitative estimate of drug-likeness (QED) is 0.789. The number of rotatable bonds is 6. The number of nitrogens with one attached hydrogen (secondary N) is 1. The Balaban J connectivity index is 1.53. The van der Waals surface area contributed by atoms with Gasteiger partial charge in [0.25, 0.3) is 5.91 Å². The smallest absolute Gasteiger partial charge is 0.351 e. The highest BCUT2D eigenvalue weighted by molar-refractivity contribution is 5.93. The fourth-order valence-electron chi connectivity index (χ4n) is 2.81. The number of fused-ring (bicyclic) bond motifs is 1. The Morgan fingerprint density at radius 3 is 2.63 bits per heavy atom. The molecule has 2 aromatic rings. The van der Waals surface area contributed by atoms with E-state index in [1.807, 2.05) is 30.3 Å². The molecule has 0 saturated heterocycles.